The van der Waals surface area contributed by atoms with Crippen molar-refractivity contribution in [3.63, 3.8) is 0 Å². The van der Waals surface area contributed by atoms with Crippen LogP contribution in [0.4, 0.5) is 0 Å². The Morgan fingerprint density at radius 1 is 1.23 bits per heavy atom. The predicted octanol–water partition coefficient (Wildman–Crippen LogP) is 3.08. The standard InChI is InChI=1S/C23H23N3O4S/c1-5-11-25-21(28)19(20(27)24-23(25)31)13-17-12-14(3)26(15(17)4)18-9-7-16(8-10-18)22(29)30-6-2/h5,7-10,12-13H,1,6,11H2,2-4H3,(H,24,27,31)/b19-13+. The van der Waals surface area contributed by atoms with Crippen LogP contribution in [0.3, 0.4) is 0 Å². The number of benzene rings is 1. The number of hydrogen-bond acceptors (Lipinski definition) is 5. The second kappa shape index (κ2) is 9.09. The monoisotopic (exact) mass is 437 g/mol. The molecule has 0 radical (unpaired) electrons. The minimum Gasteiger partial charge on any atom is -0.462 e. The molecule has 0 unspecified atom stereocenters. The largest absolute Gasteiger partial charge is 0.462 e. The Bertz CT molecular complexity index is 1110. The molecule has 1 aromatic heterocycles. The SMILES string of the molecule is C=CCN1C(=O)/C(=C/c2cc(C)n(-c3ccc(C(=O)OCC)cc3)c2C)C(=O)NC1=S. The van der Waals surface area contributed by atoms with Gasteiger partial charge in [-0.1, -0.05) is 6.08 Å². The zero-order valence-corrected chi connectivity index (χ0v) is 18.4. The second-order valence-electron chi connectivity index (χ2n) is 6.95. The van der Waals surface area contributed by atoms with E-state index >= 15 is 0 Å². The van der Waals surface area contributed by atoms with E-state index in [0.717, 1.165) is 22.6 Å². The van der Waals surface area contributed by atoms with Gasteiger partial charge in [0.1, 0.15) is 5.57 Å². The summed E-state index contributed by atoms with van der Waals surface area (Å²) in [5.41, 5.74) is 3.82. The van der Waals surface area contributed by atoms with E-state index in [1.165, 1.54) is 4.90 Å². The van der Waals surface area contributed by atoms with Gasteiger partial charge in [0.25, 0.3) is 11.8 Å². The molecular weight excluding hydrogens is 414 g/mol. The van der Waals surface area contributed by atoms with Crippen molar-refractivity contribution < 1.29 is 19.1 Å². The first kappa shape index (κ1) is 22.2. The third-order valence-electron chi connectivity index (χ3n) is 4.90. The molecule has 31 heavy (non-hydrogen) atoms. The van der Waals surface area contributed by atoms with Crippen LogP contribution in [0, 0.1) is 13.8 Å². The topological polar surface area (TPSA) is 80.6 Å². The van der Waals surface area contributed by atoms with Crippen molar-refractivity contribution in [3.05, 3.63) is 71.1 Å². The van der Waals surface area contributed by atoms with E-state index in [2.05, 4.69) is 11.9 Å². The molecule has 0 atom stereocenters. The maximum atomic E-state index is 12.8. The minimum atomic E-state index is -0.529. The van der Waals surface area contributed by atoms with Gasteiger partial charge in [0.05, 0.1) is 12.2 Å². The normalized spacial score (nSPS) is 15.3. The second-order valence-corrected chi connectivity index (χ2v) is 7.34. The number of nitrogens with zero attached hydrogens (tertiary/aromatic N) is 2. The zero-order valence-electron chi connectivity index (χ0n) is 17.6. The average molecular weight is 438 g/mol. The number of thiocarbonyl (C=S) groups is 1. The highest BCUT2D eigenvalue weighted by atomic mass is 32.1. The Morgan fingerprint density at radius 3 is 2.52 bits per heavy atom. The summed E-state index contributed by atoms with van der Waals surface area (Å²) in [6.45, 7) is 9.73. The number of rotatable bonds is 6. The third kappa shape index (κ3) is 4.34. The number of amides is 2. The molecule has 2 amide bonds. The van der Waals surface area contributed by atoms with E-state index in [1.807, 2.05) is 36.6 Å². The molecule has 1 aliphatic heterocycles. The van der Waals surface area contributed by atoms with E-state index in [9.17, 15) is 14.4 Å². The molecule has 1 N–H and O–H groups in total. The van der Waals surface area contributed by atoms with Crippen LogP contribution in [0.5, 0.6) is 0 Å². The lowest BCUT2D eigenvalue weighted by molar-refractivity contribution is -0.128. The van der Waals surface area contributed by atoms with Gasteiger partial charge in [-0.3, -0.25) is 19.8 Å². The summed E-state index contributed by atoms with van der Waals surface area (Å²) in [4.78, 5) is 38.4. The minimum absolute atomic E-state index is 0.00774. The fourth-order valence-corrected chi connectivity index (χ4v) is 3.69. The Hall–Kier alpha value is -3.52. The molecule has 0 saturated carbocycles. The van der Waals surface area contributed by atoms with Gasteiger partial charge in [0.2, 0.25) is 0 Å². The number of hydrogen-bond donors (Lipinski definition) is 1. The number of esters is 1. The highest BCUT2D eigenvalue weighted by Gasteiger charge is 2.32. The van der Waals surface area contributed by atoms with Gasteiger partial charge < -0.3 is 9.30 Å². The Morgan fingerprint density at radius 2 is 1.90 bits per heavy atom. The fourth-order valence-electron chi connectivity index (χ4n) is 3.44. The molecule has 8 heteroatoms. The summed E-state index contributed by atoms with van der Waals surface area (Å²) in [5, 5.41) is 2.61. The quantitative estimate of drug-likeness (QED) is 0.247. The molecule has 1 aliphatic rings. The Labute approximate surface area is 186 Å². The van der Waals surface area contributed by atoms with Crippen molar-refractivity contribution in [1.82, 2.24) is 14.8 Å². The van der Waals surface area contributed by atoms with E-state index in [4.69, 9.17) is 17.0 Å². The highest BCUT2D eigenvalue weighted by molar-refractivity contribution is 7.80. The summed E-state index contributed by atoms with van der Waals surface area (Å²) in [7, 11) is 0. The lowest BCUT2D eigenvalue weighted by Crippen LogP contribution is -2.53. The van der Waals surface area contributed by atoms with Crippen molar-refractivity contribution in [2.45, 2.75) is 20.8 Å². The molecule has 7 nitrogen and oxygen atoms in total. The number of carbonyl (C=O) groups excluding carboxylic acids is 3. The van der Waals surface area contributed by atoms with Crippen LogP contribution in [-0.2, 0) is 14.3 Å². The third-order valence-corrected chi connectivity index (χ3v) is 5.23. The summed E-state index contributed by atoms with van der Waals surface area (Å²) >= 11 is 5.09. The van der Waals surface area contributed by atoms with Crippen LogP contribution in [0.15, 0.2) is 48.6 Å². The van der Waals surface area contributed by atoms with Crippen LogP contribution >= 0.6 is 12.2 Å². The summed E-state index contributed by atoms with van der Waals surface area (Å²) in [6.07, 6.45) is 3.12. The number of aromatic nitrogens is 1. The molecule has 0 bridgehead atoms. The summed E-state index contributed by atoms with van der Waals surface area (Å²) in [5.74, 6) is -1.36. The van der Waals surface area contributed by atoms with Crippen LogP contribution < -0.4 is 5.32 Å². The van der Waals surface area contributed by atoms with Gasteiger partial charge in [0, 0.05) is 23.6 Å². The first-order chi connectivity index (χ1) is 14.8. The van der Waals surface area contributed by atoms with Gasteiger partial charge >= 0.3 is 5.97 Å². The summed E-state index contributed by atoms with van der Waals surface area (Å²) in [6, 6.07) is 8.96. The molecule has 1 aromatic carbocycles. The lowest BCUT2D eigenvalue weighted by Gasteiger charge is -2.27. The van der Waals surface area contributed by atoms with Crippen molar-refractivity contribution >= 4 is 41.2 Å². The maximum absolute atomic E-state index is 12.8. The summed E-state index contributed by atoms with van der Waals surface area (Å²) < 4.78 is 7.01. The van der Waals surface area contributed by atoms with Gasteiger partial charge in [-0.25, -0.2) is 4.79 Å². The molecule has 2 heterocycles. The Balaban J connectivity index is 1.97. The van der Waals surface area contributed by atoms with E-state index in [0.29, 0.717) is 12.2 Å². The number of aryl methyl sites for hydroxylation is 1. The smallest absolute Gasteiger partial charge is 0.338 e. The van der Waals surface area contributed by atoms with E-state index < -0.39 is 11.8 Å². The molecule has 160 valence electrons. The van der Waals surface area contributed by atoms with Crippen molar-refractivity contribution in [1.29, 1.82) is 0 Å². The first-order valence-electron chi connectivity index (χ1n) is 9.74. The average Bonchev–Trinajstić information content (AvgIpc) is 3.01. The van der Waals surface area contributed by atoms with Crippen LogP contribution in [0.1, 0.15) is 34.2 Å². The zero-order chi connectivity index (χ0) is 22.7. The molecule has 0 spiro atoms. The molecule has 2 aromatic rings. The number of nitrogens with one attached hydrogen (secondary N) is 1. The molecule has 1 saturated heterocycles. The number of ether oxygens (including phenoxy) is 1. The van der Waals surface area contributed by atoms with Crippen LogP contribution in [0.25, 0.3) is 11.8 Å². The van der Waals surface area contributed by atoms with Crippen LogP contribution in [0.2, 0.25) is 0 Å². The van der Waals surface area contributed by atoms with Gasteiger partial charge in [-0.05, 0) is 75.0 Å². The van der Waals surface area contributed by atoms with Gasteiger partial charge in [0.15, 0.2) is 5.11 Å². The maximum Gasteiger partial charge on any atom is 0.338 e. The molecule has 1 fully saturated rings. The van der Waals surface area contributed by atoms with E-state index in [1.54, 1.807) is 31.2 Å². The highest BCUT2D eigenvalue weighted by Crippen LogP contribution is 2.24. The van der Waals surface area contributed by atoms with Crippen molar-refractivity contribution in [3.8, 4) is 5.69 Å². The van der Waals surface area contributed by atoms with E-state index in [-0.39, 0.29) is 23.2 Å². The van der Waals surface area contributed by atoms with Gasteiger partial charge in [-0.2, -0.15) is 0 Å². The van der Waals surface area contributed by atoms with Crippen LogP contribution in [-0.4, -0.2) is 45.5 Å². The predicted molar refractivity (Wildman–Crippen MR) is 122 cm³/mol. The van der Waals surface area contributed by atoms with Crippen molar-refractivity contribution in [2.75, 3.05) is 13.2 Å². The molecular formula is C23H23N3O4S. The van der Waals surface area contributed by atoms with Gasteiger partial charge in [-0.15, -0.1) is 6.58 Å². The number of carbonyl (C=O) groups is 3. The molecule has 0 aliphatic carbocycles. The first-order valence-corrected chi connectivity index (χ1v) is 10.2. The van der Waals surface area contributed by atoms with Crippen molar-refractivity contribution in [2.24, 2.45) is 0 Å². The molecule has 3 rings (SSSR count). The lowest BCUT2D eigenvalue weighted by atomic mass is 10.1. The Kier molecular flexibility index (Phi) is 6.50. The fraction of sp³-hybridized carbons (Fsp3) is 0.217.